The zero-order valence-corrected chi connectivity index (χ0v) is 11.6. The van der Waals surface area contributed by atoms with Crippen molar-refractivity contribution in [2.24, 2.45) is 11.7 Å². The molecule has 0 aliphatic rings. The van der Waals surface area contributed by atoms with E-state index >= 15 is 0 Å². The number of carbonyl (C=O) groups excluding carboxylic acids is 2. The molecule has 2 amide bonds. The number of nitrogens with one attached hydrogen (secondary N) is 1. The molecule has 0 rings (SSSR count). The molecule has 98 valence electrons. The number of likely N-dealkylation sites (N-methyl/N-ethyl adjacent to an activating group) is 1. The van der Waals surface area contributed by atoms with Crippen LogP contribution in [0, 0.1) is 5.92 Å². The fraction of sp³-hybridized carbons (Fsp3) is 0.727. The summed E-state index contributed by atoms with van der Waals surface area (Å²) in [4.78, 5) is 25.2. The number of rotatable bonds is 6. The molecular formula is C11H21N3O2S. The molecule has 2 atom stereocenters. The average Bonchev–Trinajstić information content (AvgIpc) is 2.27. The molecule has 0 aromatic heterocycles. The van der Waals surface area contributed by atoms with Crippen LogP contribution in [0.3, 0.4) is 0 Å². The summed E-state index contributed by atoms with van der Waals surface area (Å²) >= 11 is 4.81. The van der Waals surface area contributed by atoms with Gasteiger partial charge in [0, 0.05) is 13.6 Å². The Morgan fingerprint density at radius 3 is 2.29 bits per heavy atom. The molecule has 2 unspecified atom stereocenters. The smallest absolute Gasteiger partial charge is 0.244 e. The summed E-state index contributed by atoms with van der Waals surface area (Å²) in [5, 5.41) is 2.63. The van der Waals surface area contributed by atoms with Gasteiger partial charge in [0.05, 0.1) is 10.9 Å². The lowest BCUT2D eigenvalue weighted by atomic mass is 10.1. The van der Waals surface area contributed by atoms with E-state index in [4.69, 9.17) is 18.0 Å². The lowest BCUT2D eigenvalue weighted by Crippen LogP contribution is -2.48. The monoisotopic (exact) mass is 259 g/mol. The number of hydrogen-bond donors (Lipinski definition) is 2. The third kappa shape index (κ3) is 4.68. The molecule has 0 radical (unpaired) electrons. The van der Waals surface area contributed by atoms with Crippen LogP contribution in [0.25, 0.3) is 0 Å². The fourth-order valence-electron chi connectivity index (χ4n) is 1.38. The van der Waals surface area contributed by atoms with Crippen molar-refractivity contribution < 1.29 is 9.59 Å². The number of thiocarbonyl (C=S) groups is 1. The SMILES string of the molecule is CCC(C(=O)NC(C)C(=O)N(C)CC)C(N)=S. The molecule has 0 aliphatic carbocycles. The topological polar surface area (TPSA) is 75.4 Å². The quantitative estimate of drug-likeness (QED) is 0.672. The molecule has 17 heavy (non-hydrogen) atoms. The van der Waals surface area contributed by atoms with Gasteiger partial charge in [0.15, 0.2) is 0 Å². The van der Waals surface area contributed by atoms with E-state index in [1.165, 1.54) is 0 Å². The Labute approximate surface area is 108 Å². The molecule has 0 aromatic carbocycles. The van der Waals surface area contributed by atoms with Crippen LogP contribution >= 0.6 is 12.2 Å². The maximum Gasteiger partial charge on any atom is 0.244 e. The van der Waals surface area contributed by atoms with Gasteiger partial charge in [-0.15, -0.1) is 0 Å². The second-order valence-corrected chi connectivity index (χ2v) is 4.42. The number of nitrogens with zero attached hydrogens (tertiary/aromatic N) is 1. The zero-order valence-electron chi connectivity index (χ0n) is 10.8. The van der Waals surface area contributed by atoms with E-state index in [1.54, 1.807) is 18.9 Å². The van der Waals surface area contributed by atoms with E-state index < -0.39 is 12.0 Å². The molecular weight excluding hydrogens is 238 g/mol. The van der Waals surface area contributed by atoms with Crippen molar-refractivity contribution in [1.82, 2.24) is 10.2 Å². The van der Waals surface area contributed by atoms with Crippen molar-refractivity contribution >= 4 is 29.0 Å². The summed E-state index contributed by atoms with van der Waals surface area (Å²) < 4.78 is 0. The van der Waals surface area contributed by atoms with E-state index in [-0.39, 0.29) is 16.8 Å². The number of amides is 2. The molecule has 0 aliphatic heterocycles. The van der Waals surface area contributed by atoms with Gasteiger partial charge in [-0.3, -0.25) is 9.59 Å². The van der Waals surface area contributed by atoms with Gasteiger partial charge in [0.1, 0.15) is 6.04 Å². The lowest BCUT2D eigenvalue weighted by molar-refractivity contribution is -0.135. The molecule has 0 saturated heterocycles. The predicted octanol–water partition coefficient (Wildman–Crippen LogP) is 0.282. The summed E-state index contributed by atoms with van der Waals surface area (Å²) in [6, 6.07) is -0.559. The number of carbonyl (C=O) groups is 2. The van der Waals surface area contributed by atoms with Gasteiger partial charge < -0.3 is 16.0 Å². The predicted molar refractivity (Wildman–Crippen MR) is 71.5 cm³/mol. The van der Waals surface area contributed by atoms with Crippen LogP contribution < -0.4 is 11.1 Å². The van der Waals surface area contributed by atoms with Gasteiger partial charge >= 0.3 is 0 Å². The lowest BCUT2D eigenvalue weighted by Gasteiger charge is -2.22. The first kappa shape index (κ1) is 15.8. The van der Waals surface area contributed by atoms with Crippen LogP contribution in [0.1, 0.15) is 27.2 Å². The fourth-order valence-corrected chi connectivity index (χ4v) is 1.65. The van der Waals surface area contributed by atoms with Crippen molar-refractivity contribution in [2.75, 3.05) is 13.6 Å². The van der Waals surface area contributed by atoms with Gasteiger partial charge in [-0.05, 0) is 20.3 Å². The van der Waals surface area contributed by atoms with Gasteiger partial charge in [-0.25, -0.2) is 0 Å². The Hall–Kier alpha value is -1.17. The number of hydrogen-bond acceptors (Lipinski definition) is 3. The third-order valence-electron chi connectivity index (χ3n) is 2.65. The molecule has 5 nitrogen and oxygen atoms in total. The minimum atomic E-state index is -0.559. The molecule has 0 spiro atoms. The Kier molecular flexibility index (Phi) is 6.72. The second-order valence-electron chi connectivity index (χ2n) is 3.95. The van der Waals surface area contributed by atoms with E-state index in [0.717, 1.165) is 0 Å². The molecule has 0 aromatic rings. The summed E-state index contributed by atoms with van der Waals surface area (Å²) in [7, 11) is 1.69. The molecule has 6 heteroatoms. The maximum atomic E-state index is 11.8. The standard InChI is InChI=1S/C11H21N3O2S/c1-5-8(9(12)17)10(15)13-7(3)11(16)14(4)6-2/h7-8H,5-6H2,1-4H3,(H2,12,17)(H,13,15). The Morgan fingerprint density at radius 2 is 1.94 bits per heavy atom. The van der Waals surface area contributed by atoms with E-state index in [0.29, 0.717) is 13.0 Å². The minimum Gasteiger partial charge on any atom is -0.393 e. The molecule has 0 bridgehead atoms. The Morgan fingerprint density at radius 1 is 1.41 bits per heavy atom. The van der Waals surface area contributed by atoms with Crippen molar-refractivity contribution in [3.8, 4) is 0 Å². The summed E-state index contributed by atoms with van der Waals surface area (Å²) in [5.41, 5.74) is 5.46. The first-order valence-corrected chi connectivity index (χ1v) is 6.10. The highest BCUT2D eigenvalue weighted by molar-refractivity contribution is 7.80. The van der Waals surface area contributed by atoms with Crippen molar-refractivity contribution in [1.29, 1.82) is 0 Å². The summed E-state index contributed by atoms with van der Waals surface area (Å²) in [5.74, 6) is -0.920. The average molecular weight is 259 g/mol. The normalized spacial score (nSPS) is 13.6. The molecule has 3 N–H and O–H groups in total. The first-order valence-electron chi connectivity index (χ1n) is 5.69. The maximum absolute atomic E-state index is 11.8. The Bertz CT molecular complexity index is 307. The van der Waals surface area contributed by atoms with Crippen LogP contribution in [0.4, 0.5) is 0 Å². The summed E-state index contributed by atoms with van der Waals surface area (Å²) in [6.07, 6.45) is 0.533. The van der Waals surface area contributed by atoms with Crippen molar-refractivity contribution in [2.45, 2.75) is 33.2 Å². The van der Waals surface area contributed by atoms with Crippen LogP contribution in [-0.4, -0.2) is 41.3 Å². The van der Waals surface area contributed by atoms with Crippen molar-refractivity contribution in [3.63, 3.8) is 0 Å². The van der Waals surface area contributed by atoms with Gasteiger partial charge in [0.25, 0.3) is 0 Å². The van der Waals surface area contributed by atoms with Crippen LogP contribution in [0.15, 0.2) is 0 Å². The zero-order chi connectivity index (χ0) is 13.6. The van der Waals surface area contributed by atoms with E-state index in [1.807, 2.05) is 13.8 Å². The number of nitrogens with two attached hydrogens (primary N) is 1. The van der Waals surface area contributed by atoms with Crippen LogP contribution in [-0.2, 0) is 9.59 Å². The highest BCUT2D eigenvalue weighted by Gasteiger charge is 2.24. The highest BCUT2D eigenvalue weighted by atomic mass is 32.1. The molecule has 0 heterocycles. The molecule has 0 saturated carbocycles. The van der Waals surface area contributed by atoms with E-state index in [9.17, 15) is 9.59 Å². The third-order valence-corrected chi connectivity index (χ3v) is 2.93. The van der Waals surface area contributed by atoms with Gasteiger partial charge in [-0.2, -0.15) is 0 Å². The summed E-state index contributed by atoms with van der Waals surface area (Å²) in [6.45, 7) is 5.95. The van der Waals surface area contributed by atoms with Gasteiger partial charge in [0.2, 0.25) is 11.8 Å². The van der Waals surface area contributed by atoms with Crippen LogP contribution in [0.2, 0.25) is 0 Å². The molecule has 0 fully saturated rings. The van der Waals surface area contributed by atoms with Crippen LogP contribution in [0.5, 0.6) is 0 Å². The Balaban J connectivity index is 4.47. The van der Waals surface area contributed by atoms with Gasteiger partial charge in [-0.1, -0.05) is 19.1 Å². The van der Waals surface area contributed by atoms with Crippen molar-refractivity contribution in [3.05, 3.63) is 0 Å². The second kappa shape index (κ2) is 7.21. The highest BCUT2D eigenvalue weighted by Crippen LogP contribution is 2.04. The van der Waals surface area contributed by atoms with E-state index in [2.05, 4.69) is 5.32 Å². The minimum absolute atomic E-state index is 0.126. The first-order chi connectivity index (χ1) is 7.84. The largest absolute Gasteiger partial charge is 0.393 e.